The number of hydrogen-bond acceptors (Lipinski definition) is 4. The fourth-order valence-corrected chi connectivity index (χ4v) is 3.27. The fourth-order valence-electron chi connectivity index (χ4n) is 2.30. The number of halogens is 2. The molecule has 0 fully saturated rings. The van der Waals surface area contributed by atoms with E-state index in [2.05, 4.69) is 31.9 Å². The molecule has 2 aromatic carbocycles. The van der Waals surface area contributed by atoms with Gasteiger partial charge in [-0.15, -0.1) is 0 Å². The summed E-state index contributed by atoms with van der Waals surface area (Å²) in [5, 5.41) is 0. The molecule has 0 saturated heterocycles. The van der Waals surface area contributed by atoms with Gasteiger partial charge in [-0.2, -0.15) is 0 Å². The van der Waals surface area contributed by atoms with Gasteiger partial charge in [0.2, 0.25) is 0 Å². The van der Waals surface area contributed by atoms with E-state index in [4.69, 9.17) is 9.47 Å². The topological polar surface area (TPSA) is 52.6 Å². The molecule has 0 spiro atoms. The number of ether oxygens (including phenoxy) is 2. The van der Waals surface area contributed by atoms with Crippen LogP contribution in [0, 0.1) is 0 Å². The van der Waals surface area contributed by atoms with E-state index in [0.717, 1.165) is 20.1 Å². The minimum Gasteiger partial charge on any atom is -0.465 e. The minimum atomic E-state index is -0.389. The Hall–Kier alpha value is -1.66. The van der Waals surface area contributed by atoms with E-state index in [1.54, 1.807) is 0 Å². The number of carbonyl (C=O) groups excluding carboxylic acids is 2. The second-order valence-corrected chi connectivity index (χ2v) is 7.33. The summed E-state index contributed by atoms with van der Waals surface area (Å²) >= 11 is 6.91. The van der Waals surface area contributed by atoms with Gasteiger partial charge in [0.05, 0.1) is 26.1 Å². The van der Waals surface area contributed by atoms with Gasteiger partial charge in [0.25, 0.3) is 0 Å². The van der Waals surface area contributed by atoms with E-state index >= 15 is 0 Å². The van der Waals surface area contributed by atoms with Gasteiger partial charge in [-0.1, -0.05) is 68.3 Å². The summed E-state index contributed by atoms with van der Waals surface area (Å²) in [6, 6.07) is 15.6. The van der Waals surface area contributed by atoms with E-state index in [1.807, 2.05) is 48.5 Å². The van der Waals surface area contributed by atoms with E-state index in [-0.39, 0.29) is 24.8 Å². The zero-order chi connectivity index (χ0) is 18.8. The number of rotatable bonds is 9. The third-order valence-corrected chi connectivity index (χ3v) is 5.27. The maximum atomic E-state index is 11.7. The van der Waals surface area contributed by atoms with Crippen molar-refractivity contribution < 1.29 is 19.1 Å². The zero-order valence-corrected chi connectivity index (χ0v) is 17.4. The largest absolute Gasteiger partial charge is 0.465 e. The summed E-state index contributed by atoms with van der Waals surface area (Å²) in [7, 11) is 0. The Morgan fingerprint density at radius 1 is 0.692 bits per heavy atom. The highest BCUT2D eigenvalue weighted by atomic mass is 79.9. The molecule has 26 heavy (non-hydrogen) atoms. The number of benzene rings is 2. The van der Waals surface area contributed by atoms with Crippen molar-refractivity contribution in [2.45, 2.75) is 25.7 Å². The number of hydrogen-bond donors (Lipinski definition) is 0. The molecule has 0 saturated carbocycles. The van der Waals surface area contributed by atoms with Gasteiger partial charge in [-0.05, 0) is 23.3 Å². The van der Waals surface area contributed by atoms with Crippen LogP contribution in [0.25, 0.3) is 0 Å². The average Bonchev–Trinajstić information content (AvgIpc) is 2.63. The van der Waals surface area contributed by atoms with E-state index in [0.29, 0.717) is 26.1 Å². The molecule has 0 aliphatic rings. The summed E-state index contributed by atoms with van der Waals surface area (Å²) in [4.78, 5) is 23.4. The molecule has 4 nitrogen and oxygen atoms in total. The first-order chi connectivity index (χ1) is 12.6. The summed E-state index contributed by atoms with van der Waals surface area (Å²) < 4.78 is 12.3. The predicted molar refractivity (Wildman–Crippen MR) is 107 cm³/mol. The van der Waals surface area contributed by atoms with Crippen LogP contribution in [0.3, 0.4) is 0 Å². The maximum absolute atomic E-state index is 11.7. The lowest BCUT2D eigenvalue weighted by molar-refractivity contribution is -0.150. The van der Waals surface area contributed by atoms with Crippen molar-refractivity contribution in [2.75, 3.05) is 13.2 Å². The summed E-state index contributed by atoms with van der Waals surface area (Å²) in [5.74, 6) is -0.778. The lowest BCUT2D eigenvalue weighted by Crippen LogP contribution is -2.13. The van der Waals surface area contributed by atoms with Gasteiger partial charge in [-0.25, -0.2) is 0 Å². The summed E-state index contributed by atoms with van der Waals surface area (Å²) in [6.07, 6.45) is 1.32. The van der Waals surface area contributed by atoms with Crippen LogP contribution in [0.1, 0.15) is 24.0 Å². The molecule has 0 amide bonds. The Morgan fingerprint density at radius 2 is 1.08 bits per heavy atom. The van der Waals surface area contributed by atoms with Crippen LogP contribution >= 0.6 is 31.9 Å². The lowest BCUT2D eigenvalue weighted by Gasteiger charge is -2.07. The molecular weight excluding hydrogens is 464 g/mol. The molecule has 0 aliphatic carbocycles. The fraction of sp³-hybridized carbons (Fsp3) is 0.300. The maximum Gasteiger partial charge on any atom is 0.306 e. The van der Waals surface area contributed by atoms with Gasteiger partial charge in [-0.3, -0.25) is 9.59 Å². The molecule has 0 radical (unpaired) electrons. The quantitative estimate of drug-likeness (QED) is 0.478. The van der Waals surface area contributed by atoms with Crippen molar-refractivity contribution >= 4 is 43.8 Å². The highest BCUT2D eigenvalue weighted by molar-refractivity contribution is 9.10. The third kappa shape index (κ3) is 7.30. The SMILES string of the molecule is O=C(CCC(=O)OCCc1ccccc1Br)OCCc1ccccc1Br. The molecular formula is C20H20Br2O4. The molecule has 0 aliphatic heterocycles. The number of carbonyl (C=O) groups is 2. The molecule has 0 atom stereocenters. The van der Waals surface area contributed by atoms with E-state index in [1.165, 1.54) is 0 Å². The van der Waals surface area contributed by atoms with Gasteiger partial charge in [0.15, 0.2) is 0 Å². The lowest BCUT2D eigenvalue weighted by atomic mass is 10.2. The minimum absolute atomic E-state index is 0.0316. The van der Waals surface area contributed by atoms with Crippen molar-refractivity contribution in [3.8, 4) is 0 Å². The third-order valence-electron chi connectivity index (χ3n) is 3.72. The zero-order valence-electron chi connectivity index (χ0n) is 14.3. The van der Waals surface area contributed by atoms with Crippen molar-refractivity contribution in [1.29, 1.82) is 0 Å². The highest BCUT2D eigenvalue weighted by Gasteiger charge is 2.10. The Balaban J connectivity index is 1.59. The second-order valence-electron chi connectivity index (χ2n) is 5.62. The molecule has 0 bridgehead atoms. The molecule has 0 aromatic heterocycles. The van der Waals surface area contributed by atoms with Crippen LogP contribution in [0.2, 0.25) is 0 Å². The molecule has 6 heteroatoms. The highest BCUT2D eigenvalue weighted by Crippen LogP contribution is 2.17. The predicted octanol–water partition coefficient (Wildman–Crippen LogP) is 4.86. The Labute approximate surface area is 170 Å². The second kappa shape index (κ2) is 11.1. The van der Waals surface area contributed by atoms with Crippen LogP contribution in [-0.4, -0.2) is 25.2 Å². The van der Waals surface area contributed by atoms with Crippen LogP contribution in [0.5, 0.6) is 0 Å². The standard InChI is InChI=1S/C20H20Br2O4/c21-17-7-3-1-5-15(17)11-13-25-19(23)9-10-20(24)26-14-12-16-6-2-4-8-18(16)22/h1-8H,9-14H2. The smallest absolute Gasteiger partial charge is 0.306 e. The monoisotopic (exact) mass is 482 g/mol. The molecule has 0 unspecified atom stereocenters. The van der Waals surface area contributed by atoms with E-state index in [9.17, 15) is 9.59 Å². The Morgan fingerprint density at radius 3 is 1.46 bits per heavy atom. The van der Waals surface area contributed by atoms with Crippen molar-refractivity contribution in [3.05, 3.63) is 68.6 Å². The van der Waals surface area contributed by atoms with Gasteiger partial charge in [0, 0.05) is 21.8 Å². The van der Waals surface area contributed by atoms with Crippen LogP contribution in [0.15, 0.2) is 57.5 Å². The first-order valence-corrected chi connectivity index (χ1v) is 9.93. The van der Waals surface area contributed by atoms with Crippen molar-refractivity contribution in [3.63, 3.8) is 0 Å². The van der Waals surface area contributed by atoms with Gasteiger partial charge < -0.3 is 9.47 Å². The molecule has 2 aromatic rings. The van der Waals surface area contributed by atoms with Crippen molar-refractivity contribution in [1.82, 2.24) is 0 Å². The van der Waals surface area contributed by atoms with Crippen LogP contribution in [0.4, 0.5) is 0 Å². The molecule has 0 N–H and O–H groups in total. The van der Waals surface area contributed by atoms with Crippen molar-refractivity contribution in [2.24, 2.45) is 0 Å². The first kappa shape index (κ1) is 20.6. The van der Waals surface area contributed by atoms with Crippen LogP contribution in [-0.2, 0) is 31.9 Å². The van der Waals surface area contributed by atoms with Crippen LogP contribution < -0.4 is 0 Å². The molecule has 2 rings (SSSR count). The summed E-state index contributed by atoms with van der Waals surface area (Å²) in [5.41, 5.74) is 2.15. The van der Waals surface area contributed by atoms with Gasteiger partial charge >= 0.3 is 11.9 Å². The molecule has 138 valence electrons. The number of esters is 2. The first-order valence-electron chi connectivity index (χ1n) is 8.34. The normalized spacial score (nSPS) is 10.4. The molecule has 0 heterocycles. The van der Waals surface area contributed by atoms with Gasteiger partial charge in [0.1, 0.15) is 0 Å². The summed E-state index contributed by atoms with van der Waals surface area (Å²) in [6.45, 7) is 0.580. The Bertz CT molecular complexity index is 683. The Kier molecular flexibility index (Phi) is 8.85. The van der Waals surface area contributed by atoms with E-state index < -0.39 is 0 Å². The average molecular weight is 484 g/mol.